The third kappa shape index (κ3) is 3.96. The van der Waals surface area contributed by atoms with Crippen LogP contribution in [0, 0.1) is 19.8 Å². The van der Waals surface area contributed by atoms with E-state index in [-0.39, 0.29) is 18.4 Å². The lowest BCUT2D eigenvalue weighted by Crippen LogP contribution is -2.44. The number of carbonyl (C=O) groups is 2. The number of nitrogens with zero attached hydrogens (tertiary/aromatic N) is 2. The number of nitrogens with one attached hydrogen (secondary N) is 1. The monoisotopic (exact) mass is 295 g/mol. The van der Waals surface area contributed by atoms with Crippen LogP contribution in [0.25, 0.3) is 0 Å². The first-order chi connectivity index (χ1) is 9.97. The lowest BCUT2D eigenvalue weighted by atomic mass is 9.94. The van der Waals surface area contributed by atoms with Crippen molar-refractivity contribution in [2.24, 2.45) is 5.92 Å². The van der Waals surface area contributed by atoms with E-state index in [0.29, 0.717) is 25.4 Å². The second-order valence-electron chi connectivity index (χ2n) is 5.49. The molecule has 0 radical (unpaired) electrons. The SMILES string of the molecule is Cc1noc(C)c1CNC(=O)N1CCC(CC(=O)O)CC1. The first-order valence-electron chi connectivity index (χ1n) is 7.13. The molecule has 21 heavy (non-hydrogen) atoms. The van der Waals surface area contributed by atoms with E-state index >= 15 is 0 Å². The van der Waals surface area contributed by atoms with Crippen molar-refractivity contribution < 1.29 is 19.2 Å². The van der Waals surface area contributed by atoms with E-state index in [4.69, 9.17) is 9.63 Å². The minimum atomic E-state index is -0.767. The molecule has 2 amide bonds. The van der Waals surface area contributed by atoms with Crippen molar-refractivity contribution in [3.63, 3.8) is 0 Å². The van der Waals surface area contributed by atoms with Gasteiger partial charge in [-0.25, -0.2) is 4.79 Å². The molecule has 2 rings (SSSR count). The van der Waals surface area contributed by atoms with Gasteiger partial charge in [-0.1, -0.05) is 5.16 Å². The largest absolute Gasteiger partial charge is 0.481 e. The normalized spacial score (nSPS) is 16.0. The van der Waals surface area contributed by atoms with Crippen LogP contribution in [0.2, 0.25) is 0 Å². The topological polar surface area (TPSA) is 95.7 Å². The molecular weight excluding hydrogens is 274 g/mol. The molecule has 0 spiro atoms. The Hall–Kier alpha value is -2.05. The summed E-state index contributed by atoms with van der Waals surface area (Å²) in [4.78, 5) is 24.5. The number of carbonyl (C=O) groups excluding carboxylic acids is 1. The summed E-state index contributed by atoms with van der Waals surface area (Å²) in [5, 5.41) is 15.5. The summed E-state index contributed by atoms with van der Waals surface area (Å²) in [5.74, 6) is 0.124. The lowest BCUT2D eigenvalue weighted by molar-refractivity contribution is -0.138. The third-order valence-corrected chi connectivity index (χ3v) is 3.96. The summed E-state index contributed by atoms with van der Waals surface area (Å²) in [6, 6.07) is -0.122. The molecule has 0 unspecified atom stereocenters. The summed E-state index contributed by atoms with van der Waals surface area (Å²) >= 11 is 0. The van der Waals surface area contributed by atoms with E-state index in [9.17, 15) is 9.59 Å². The molecule has 7 nitrogen and oxygen atoms in total. The number of likely N-dealkylation sites (tertiary alicyclic amines) is 1. The Balaban J connectivity index is 1.79. The van der Waals surface area contributed by atoms with Gasteiger partial charge < -0.3 is 19.8 Å². The summed E-state index contributed by atoms with van der Waals surface area (Å²) in [6.45, 7) is 5.26. The molecule has 1 aliphatic heterocycles. The van der Waals surface area contributed by atoms with Crippen LogP contribution in [-0.2, 0) is 11.3 Å². The van der Waals surface area contributed by atoms with Gasteiger partial charge in [-0.3, -0.25) is 4.79 Å². The van der Waals surface area contributed by atoms with Crippen molar-refractivity contribution in [1.29, 1.82) is 0 Å². The van der Waals surface area contributed by atoms with Crippen LogP contribution < -0.4 is 5.32 Å². The number of rotatable bonds is 4. The van der Waals surface area contributed by atoms with Gasteiger partial charge in [0.15, 0.2) is 0 Å². The highest BCUT2D eigenvalue weighted by Gasteiger charge is 2.24. The minimum Gasteiger partial charge on any atom is -0.481 e. The van der Waals surface area contributed by atoms with Crippen molar-refractivity contribution in [3.05, 3.63) is 17.0 Å². The highest BCUT2D eigenvalue weighted by molar-refractivity contribution is 5.74. The minimum absolute atomic E-state index is 0.122. The fourth-order valence-corrected chi connectivity index (χ4v) is 2.62. The predicted octanol–water partition coefficient (Wildman–Crippen LogP) is 1.69. The van der Waals surface area contributed by atoms with Crippen molar-refractivity contribution in [2.75, 3.05) is 13.1 Å². The van der Waals surface area contributed by atoms with Crippen LogP contribution in [0.3, 0.4) is 0 Å². The molecule has 2 N–H and O–H groups in total. The zero-order valence-electron chi connectivity index (χ0n) is 12.4. The summed E-state index contributed by atoms with van der Waals surface area (Å²) < 4.78 is 5.05. The van der Waals surface area contributed by atoms with Gasteiger partial charge in [0, 0.05) is 31.6 Å². The zero-order valence-corrected chi connectivity index (χ0v) is 12.4. The summed E-state index contributed by atoms with van der Waals surface area (Å²) in [5.41, 5.74) is 1.69. The third-order valence-electron chi connectivity index (χ3n) is 3.96. The van der Waals surface area contributed by atoms with E-state index in [0.717, 1.165) is 24.1 Å². The number of aliphatic carboxylic acids is 1. The van der Waals surface area contributed by atoms with E-state index in [1.165, 1.54) is 0 Å². The molecule has 116 valence electrons. The molecule has 1 aromatic rings. The Labute approximate surface area is 123 Å². The molecule has 0 atom stereocenters. The molecule has 0 aliphatic carbocycles. The number of carboxylic acid groups (broad SMARTS) is 1. The van der Waals surface area contributed by atoms with Gasteiger partial charge in [-0.15, -0.1) is 0 Å². The average molecular weight is 295 g/mol. The Morgan fingerprint density at radius 3 is 2.57 bits per heavy atom. The molecular formula is C14H21N3O4. The van der Waals surface area contributed by atoms with Gasteiger partial charge >= 0.3 is 12.0 Å². The molecule has 1 aromatic heterocycles. The number of hydrogen-bond donors (Lipinski definition) is 2. The first kappa shape index (κ1) is 15.3. The quantitative estimate of drug-likeness (QED) is 0.881. The van der Waals surface area contributed by atoms with Crippen LogP contribution in [-0.4, -0.2) is 40.3 Å². The molecule has 1 saturated heterocycles. The Morgan fingerprint density at radius 2 is 2.05 bits per heavy atom. The highest BCUT2D eigenvalue weighted by atomic mass is 16.5. The van der Waals surface area contributed by atoms with Gasteiger partial charge in [0.2, 0.25) is 0 Å². The summed E-state index contributed by atoms with van der Waals surface area (Å²) in [7, 11) is 0. The van der Waals surface area contributed by atoms with Gasteiger partial charge in [0.25, 0.3) is 0 Å². The van der Waals surface area contributed by atoms with Crippen LogP contribution in [0.4, 0.5) is 4.79 Å². The van der Waals surface area contributed by atoms with E-state index < -0.39 is 5.97 Å². The number of aromatic nitrogens is 1. The first-order valence-corrected chi connectivity index (χ1v) is 7.13. The van der Waals surface area contributed by atoms with Crippen molar-refractivity contribution in [2.45, 2.75) is 39.7 Å². The van der Waals surface area contributed by atoms with E-state index in [1.54, 1.807) is 4.90 Å². The fraction of sp³-hybridized carbons (Fsp3) is 0.643. The molecule has 0 saturated carbocycles. The molecule has 1 fully saturated rings. The number of urea groups is 1. The Bertz CT molecular complexity index is 499. The maximum atomic E-state index is 12.1. The number of amides is 2. The van der Waals surface area contributed by atoms with Crippen molar-refractivity contribution in [1.82, 2.24) is 15.4 Å². The standard InChI is InChI=1S/C14H21N3O4/c1-9-12(10(2)21-16-9)8-15-14(20)17-5-3-11(4-6-17)7-13(18)19/h11H,3-8H2,1-2H3,(H,15,20)(H,18,19). The number of piperidine rings is 1. The van der Waals surface area contributed by atoms with Crippen molar-refractivity contribution in [3.8, 4) is 0 Å². The molecule has 7 heteroatoms. The van der Waals surface area contributed by atoms with Crippen LogP contribution in [0.15, 0.2) is 4.52 Å². The summed E-state index contributed by atoms with van der Waals surface area (Å²) in [6.07, 6.45) is 1.67. The number of hydrogen-bond acceptors (Lipinski definition) is 4. The molecule has 1 aliphatic rings. The predicted molar refractivity (Wildman–Crippen MR) is 74.8 cm³/mol. The zero-order chi connectivity index (χ0) is 15.4. The van der Waals surface area contributed by atoms with E-state index in [2.05, 4.69) is 10.5 Å². The Morgan fingerprint density at radius 1 is 1.38 bits per heavy atom. The van der Waals surface area contributed by atoms with Gasteiger partial charge in [0.05, 0.1) is 5.69 Å². The van der Waals surface area contributed by atoms with Crippen LogP contribution >= 0.6 is 0 Å². The second-order valence-corrected chi connectivity index (χ2v) is 5.49. The maximum Gasteiger partial charge on any atom is 0.317 e. The molecule has 0 aromatic carbocycles. The fourth-order valence-electron chi connectivity index (χ4n) is 2.62. The van der Waals surface area contributed by atoms with E-state index in [1.807, 2.05) is 13.8 Å². The maximum absolute atomic E-state index is 12.1. The lowest BCUT2D eigenvalue weighted by Gasteiger charge is -2.31. The smallest absolute Gasteiger partial charge is 0.317 e. The van der Waals surface area contributed by atoms with Gasteiger partial charge in [-0.2, -0.15) is 0 Å². The molecule has 2 heterocycles. The Kier molecular flexibility index (Phi) is 4.82. The van der Waals surface area contributed by atoms with Gasteiger partial charge in [-0.05, 0) is 32.6 Å². The second kappa shape index (κ2) is 6.60. The number of aryl methyl sites for hydroxylation is 2. The van der Waals surface area contributed by atoms with Crippen LogP contribution in [0.5, 0.6) is 0 Å². The molecule has 0 bridgehead atoms. The van der Waals surface area contributed by atoms with Crippen LogP contribution in [0.1, 0.15) is 36.3 Å². The average Bonchev–Trinajstić information content (AvgIpc) is 2.75. The van der Waals surface area contributed by atoms with Crippen molar-refractivity contribution >= 4 is 12.0 Å². The van der Waals surface area contributed by atoms with Gasteiger partial charge in [0.1, 0.15) is 5.76 Å². The number of carboxylic acids is 1. The highest BCUT2D eigenvalue weighted by Crippen LogP contribution is 2.20.